The second-order valence-electron chi connectivity index (χ2n) is 3.74. The monoisotopic (exact) mass is 234 g/mol. The molecule has 4 nitrogen and oxygen atoms in total. The molecule has 0 saturated heterocycles. The fourth-order valence-electron chi connectivity index (χ4n) is 1.57. The lowest BCUT2D eigenvalue weighted by atomic mass is 10.1. The van der Waals surface area contributed by atoms with Crippen LogP contribution >= 0.6 is 0 Å². The molecule has 0 unspecified atom stereocenters. The van der Waals surface area contributed by atoms with Crippen molar-refractivity contribution in [3.05, 3.63) is 29.3 Å². The van der Waals surface area contributed by atoms with Crippen molar-refractivity contribution in [2.45, 2.75) is 13.5 Å². The van der Waals surface area contributed by atoms with E-state index >= 15 is 0 Å². The Balaban J connectivity index is 2.79. The quantitative estimate of drug-likeness (QED) is 0.758. The van der Waals surface area contributed by atoms with Crippen LogP contribution in [0.4, 0.5) is 5.69 Å². The van der Waals surface area contributed by atoms with E-state index in [0.29, 0.717) is 18.8 Å². The fraction of sp³-hybridized carbons (Fsp3) is 0.462. The highest BCUT2D eigenvalue weighted by molar-refractivity contribution is 5.60. The summed E-state index contributed by atoms with van der Waals surface area (Å²) in [5, 5.41) is 18.1. The van der Waals surface area contributed by atoms with Gasteiger partial charge in [-0.15, -0.1) is 0 Å². The van der Waals surface area contributed by atoms with E-state index in [2.05, 4.69) is 6.07 Å². The lowest BCUT2D eigenvalue weighted by Gasteiger charge is -2.20. The topological polar surface area (TPSA) is 56.5 Å². The molecule has 0 radical (unpaired) electrons. The first-order chi connectivity index (χ1) is 8.22. The average Bonchev–Trinajstić information content (AvgIpc) is 2.38. The maximum Gasteiger partial charge on any atom is 0.101 e. The van der Waals surface area contributed by atoms with E-state index in [4.69, 9.17) is 15.1 Å². The molecule has 1 aromatic carbocycles. The van der Waals surface area contributed by atoms with Crippen LogP contribution in [0.1, 0.15) is 18.1 Å². The Hall–Kier alpha value is -1.57. The van der Waals surface area contributed by atoms with Crippen LogP contribution in [0.5, 0.6) is 0 Å². The van der Waals surface area contributed by atoms with Gasteiger partial charge in [-0.25, -0.2) is 0 Å². The number of likely N-dealkylation sites (N-methyl/N-ethyl adjacent to an activating group) is 1. The van der Waals surface area contributed by atoms with Gasteiger partial charge in [0.15, 0.2) is 0 Å². The van der Waals surface area contributed by atoms with Crippen LogP contribution in [0.3, 0.4) is 0 Å². The molecule has 0 heterocycles. The first-order valence-corrected chi connectivity index (χ1v) is 5.65. The van der Waals surface area contributed by atoms with Crippen molar-refractivity contribution in [2.75, 3.05) is 31.7 Å². The maximum absolute atomic E-state index is 9.07. The number of anilines is 1. The summed E-state index contributed by atoms with van der Waals surface area (Å²) in [5.41, 5.74) is 2.20. The Morgan fingerprint density at radius 3 is 2.82 bits per heavy atom. The smallest absolute Gasteiger partial charge is 0.101 e. The van der Waals surface area contributed by atoms with E-state index in [0.717, 1.165) is 17.8 Å². The van der Waals surface area contributed by atoms with Crippen molar-refractivity contribution in [2.24, 2.45) is 0 Å². The zero-order valence-electron chi connectivity index (χ0n) is 10.3. The minimum absolute atomic E-state index is 0.0440. The number of hydrogen-bond donors (Lipinski definition) is 1. The minimum Gasteiger partial charge on any atom is -0.392 e. The van der Waals surface area contributed by atoms with E-state index in [1.807, 2.05) is 31.0 Å². The van der Waals surface area contributed by atoms with Crippen molar-refractivity contribution in [3.8, 4) is 6.07 Å². The van der Waals surface area contributed by atoms with Crippen LogP contribution in [0, 0.1) is 11.3 Å². The molecule has 0 aliphatic rings. The summed E-state index contributed by atoms with van der Waals surface area (Å²) >= 11 is 0. The molecule has 0 atom stereocenters. The summed E-state index contributed by atoms with van der Waals surface area (Å²) in [6.45, 7) is 3.98. The van der Waals surface area contributed by atoms with Crippen LogP contribution < -0.4 is 4.90 Å². The van der Waals surface area contributed by atoms with E-state index in [-0.39, 0.29) is 6.61 Å². The molecule has 0 bridgehead atoms. The maximum atomic E-state index is 9.07. The second-order valence-corrected chi connectivity index (χ2v) is 3.74. The van der Waals surface area contributed by atoms with Gasteiger partial charge >= 0.3 is 0 Å². The number of nitrogens with zero attached hydrogens (tertiary/aromatic N) is 2. The molecule has 0 fully saturated rings. The van der Waals surface area contributed by atoms with E-state index < -0.39 is 0 Å². The molecule has 0 spiro atoms. The first-order valence-electron chi connectivity index (χ1n) is 5.65. The Morgan fingerprint density at radius 2 is 2.24 bits per heavy atom. The average molecular weight is 234 g/mol. The normalized spacial score (nSPS) is 10.0. The summed E-state index contributed by atoms with van der Waals surface area (Å²) in [7, 11) is 1.92. The van der Waals surface area contributed by atoms with E-state index in [1.54, 1.807) is 6.07 Å². The molecule has 92 valence electrons. The number of rotatable bonds is 6. The predicted octanol–water partition coefficient (Wildman–Crippen LogP) is 1.52. The van der Waals surface area contributed by atoms with Crippen LogP contribution in [0.25, 0.3) is 0 Å². The zero-order chi connectivity index (χ0) is 12.7. The molecule has 1 N–H and O–H groups in total. The molecule has 1 rings (SSSR count). The third-order valence-electron chi connectivity index (χ3n) is 2.55. The zero-order valence-corrected chi connectivity index (χ0v) is 10.3. The highest BCUT2D eigenvalue weighted by Gasteiger charge is 2.07. The van der Waals surface area contributed by atoms with Gasteiger partial charge in [-0.1, -0.05) is 6.07 Å². The molecule has 17 heavy (non-hydrogen) atoms. The molecule has 0 aliphatic heterocycles. The van der Waals surface area contributed by atoms with Crippen LogP contribution in [-0.4, -0.2) is 31.9 Å². The molecule has 1 aromatic rings. The van der Waals surface area contributed by atoms with Crippen molar-refractivity contribution in [1.29, 1.82) is 5.26 Å². The van der Waals surface area contributed by atoms with Gasteiger partial charge < -0.3 is 14.7 Å². The van der Waals surface area contributed by atoms with Crippen molar-refractivity contribution >= 4 is 5.69 Å². The number of hydrogen-bond acceptors (Lipinski definition) is 4. The Morgan fingerprint density at radius 1 is 1.47 bits per heavy atom. The standard InChI is InChI=1S/C13H18N2O2/c1-3-17-7-6-15(2)13-5-4-11(10-16)8-12(13)9-14/h4-5,8,16H,3,6-7,10H2,1-2H3. The van der Waals surface area contributed by atoms with Gasteiger partial charge in [-0.05, 0) is 24.6 Å². The molecule has 0 aromatic heterocycles. The van der Waals surface area contributed by atoms with Crippen LogP contribution in [0.15, 0.2) is 18.2 Å². The van der Waals surface area contributed by atoms with Gasteiger partial charge in [-0.3, -0.25) is 0 Å². The van der Waals surface area contributed by atoms with E-state index in [9.17, 15) is 0 Å². The van der Waals surface area contributed by atoms with Crippen molar-refractivity contribution < 1.29 is 9.84 Å². The number of ether oxygens (including phenoxy) is 1. The van der Waals surface area contributed by atoms with Crippen LogP contribution in [-0.2, 0) is 11.3 Å². The Bertz CT molecular complexity index is 399. The lowest BCUT2D eigenvalue weighted by Crippen LogP contribution is -2.23. The molecule has 0 saturated carbocycles. The van der Waals surface area contributed by atoms with Gasteiger partial charge in [0.2, 0.25) is 0 Å². The number of aliphatic hydroxyl groups is 1. The summed E-state index contributed by atoms with van der Waals surface area (Å²) in [6, 6.07) is 7.55. The Kier molecular flexibility index (Phi) is 5.47. The third kappa shape index (κ3) is 3.74. The highest BCUT2D eigenvalue weighted by Crippen LogP contribution is 2.20. The summed E-state index contributed by atoms with van der Waals surface area (Å²) in [4.78, 5) is 1.98. The molecular formula is C13H18N2O2. The third-order valence-corrected chi connectivity index (χ3v) is 2.55. The second kappa shape index (κ2) is 6.89. The van der Waals surface area contributed by atoms with Gasteiger partial charge in [0, 0.05) is 20.2 Å². The molecular weight excluding hydrogens is 216 g/mol. The Labute approximate surface area is 102 Å². The summed E-state index contributed by atoms with van der Waals surface area (Å²) in [5.74, 6) is 0. The number of nitriles is 1. The summed E-state index contributed by atoms with van der Waals surface area (Å²) in [6.07, 6.45) is 0. The van der Waals surface area contributed by atoms with E-state index in [1.165, 1.54) is 0 Å². The van der Waals surface area contributed by atoms with Gasteiger partial charge in [0.05, 0.1) is 24.5 Å². The van der Waals surface area contributed by atoms with Gasteiger partial charge in [-0.2, -0.15) is 5.26 Å². The molecule has 0 amide bonds. The van der Waals surface area contributed by atoms with Crippen molar-refractivity contribution in [1.82, 2.24) is 0 Å². The number of benzene rings is 1. The minimum atomic E-state index is -0.0440. The molecule has 0 aliphatic carbocycles. The molecule has 4 heteroatoms. The summed E-state index contributed by atoms with van der Waals surface area (Å²) < 4.78 is 5.28. The fourth-order valence-corrected chi connectivity index (χ4v) is 1.57. The SMILES string of the molecule is CCOCCN(C)c1ccc(CO)cc1C#N. The van der Waals surface area contributed by atoms with Gasteiger partial charge in [0.1, 0.15) is 6.07 Å². The first kappa shape index (κ1) is 13.5. The predicted molar refractivity (Wildman–Crippen MR) is 66.8 cm³/mol. The highest BCUT2D eigenvalue weighted by atomic mass is 16.5. The largest absolute Gasteiger partial charge is 0.392 e. The van der Waals surface area contributed by atoms with Crippen LogP contribution in [0.2, 0.25) is 0 Å². The lowest BCUT2D eigenvalue weighted by molar-refractivity contribution is 0.154. The van der Waals surface area contributed by atoms with Crippen molar-refractivity contribution in [3.63, 3.8) is 0 Å². The number of aliphatic hydroxyl groups excluding tert-OH is 1. The van der Waals surface area contributed by atoms with Gasteiger partial charge in [0.25, 0.3) is 0 Å².